The Balaban J connectivity index is 1.38. The Labute approximate surface area is 376 Å². The molecule has 0 N–H and O–H groups in total. The average molecular weight is 847 g/mol. The molecule has 63 heavy (non-hydrogen) atoms. The fraction of sp³-hybridized carbons (Fsp3) is 0.368. The van der Waals surface area contributed by atoms with Gasteiger partial charge in [-0.3, -0.25) is 0 Å². The summed E-state index contributed by atoms with van der Waals surface area (Å²) in [5, 5.41) is 0. The fourth-order valence-corrected chi connectivity index (χ4v) is 7.76. The van der Waals surface area contributed by atoms with Crippen LogP contribution in [0.4, 0.5) is 0 Å². The van der Waals surface area contributed by atoms with Crippen molar-refractivity contribution in [3.8, 4) is 17.2 Å². The lowest BCUT2D eigenvalue weighted by molar-refractivity contribution is 0.0894. The lowest BCUT2D eigenvalue weighted by Crippen LogP contribution is -2.16. The summed E-state index contributed by atoms with van der Waals surface area (Å²) in [5.74, 6) is 2.36. The van der Waals surface area contributed by atoms with Crippen LogP contribution in [0.1, 0.15) is 129 Å². The average Bonchev–Trinajstić information content (AvgIpc) is 3.24. The standard InChI is InChI=1S/C57H66O6/c1-55(2,3)49-25-43-34-58-36-45-27-50(56(4,5)6)29-47(53(45)62-32-41-21-15-11-16-22-41)38-60-39-48-30-51(57(7,8)9)28-46(54(48)63-33-42-23-17-12-18-24-42)37-59-35-44(26-49)52(43)61-31-40-19-13-10-14-20-40/h10-30H,31-39H2,1-9H3. The van der Waals surface area contributed by atoms with Gasteiger partial charge in [0.1, 0.15) is 37.1 Å². The van der Waals surface area contributed by atoms with Gasteiger partial charge in [0.25, 0.3) is 0 Å². The van der Waals surface area contributed by atoms with E-state index < -0.39 is 0 Å². The largest absolute Gasteiger partial charge is 0.488 e. The number of hydrogen-bond donors (Lipinski definition) is 0. The summed E-state index contributed by atoms with van der Waals surface area (Å²) in [6.07, 6.45) is 0. The van der Waals surface area contributed by atoms with Gasteiger partial charge in [-0.25, -0.2) is 0 Å². The Bertz CT molecular complexity index is 2070. The SMILES string of the molecule is CC(C)(C)c1cc2c(OCc3ccccc3)c(c1)COCc1cc(C(C)(C)C)cc(c1OCc1ccccc1)COCc1cc(C(C)(C)C)cc(c1OCc1ccccc1)COC2. The molecule has 330 valence electrons. The maximum atomic E-state index is 6.82. The van der Waals surface area contributed by atoms with Gasteiger partial charge in [0.15, 0.2) is 0 Å². The minimum Gasteiger partial charge on any atom is -0.488 e. The molecule has 1 heterocycles. The molecule has 0 fully saturated rings. The third-order valence-electron chi connectivity index (χ3n) is 11.5. The van der Waals surface area contributed by atoms with Gasteiger partial charge in [0.2, 0.25) is 0 Å². The molecule has 0 aliphatic carbocycles. The van der Waals surface area contributed by atoms with Gasteiger partial charge in [-0.1, -0.05) is 153 Å². The quantitative estimate of drug-likeness (QED) is 0.144. The van der Waals surface area contributed by atoms with Crippen molar-refractivity contribution in [2.75, 3.05) is 0 Å². The van der Waals surface area contributed by atoms with Crippen molar-refractivity contribution in [2.45, 2.75) is 138 Å². The normalized spacial score (nSPS) is 14.0. The van der Waals surface area contributed by atoms with Crippen molar-refractivity contribution in [2.24, 2.45) is 0 Å². The van der Waals surface area contributed by atoms with E-state index in [0.717, 1.165) is 67.3 Å². The zero-order chi connectivity index (χ0) is 44.6. The van der Waals surface area contributed by atoms with Gasteiger partial charge in [-0.15, -0.1) is 0 Å². The predicted molar refractivity (Wildman–Crippen MR) is 253 cm³/mol. The van der Waals surface area contributed by atoms with E-state index >= 15 is 0 Å². The molecule has 6 aromatic rings. The van der Waals surface area contributed by atoms with E-state index in [-0.39, 0.29) is 16.2 Å². The predicted octanol–water partition coefficient (Wildman–Crippen LogP) is 13.8. The number of hydrogen-bond acceptors (Lipinski definition) is 6. The molecular weight excluding hydrogens is 781 g/mol. The minimum absolute atomic E-state index is 0.138. The molecule has 0 atom stereocenters. The molecule has 0 aromatic heterocycles. The van der Waals surface area contributed by atoms with Gasteiger partial charge in [-0.2, -0.15) is 0 Å². The minimum atomic E-state index is -0.138. The zero-order valence-corrected chi connectivity index (χ0v) is 38.9. The molecule has 0 saturated carbocycles. The highest BCUT2D eigenvalue weighted by Crippen LogP contribution is 2.39. The van der Waals surface area contributed by atoms with Gasteiger partial charge < -0.3 is 28.4 Å². The maximum Gasteiger partial charge on any atom is 0.130 e. The second-order valence-corrected chi connectivity index (χ2v) is 19.9. The summed E-state index contributed by atoms with van der Waals surface area (Å²) in [5.41, 5.74) is 12.3. The third kappa shape index (κ3) is 12.2. The third-order valence-corrected chi connectivity index (χ3v) is 11.5. The zero-order valence-electron chi connectivity index (χ0n) is 38.9. The molecule has 7 rings (SSSR count). The van der Waals surface area contributed by atoms with Crippen LogP contribution in [0.3, 0.4) is 0 Å². The molecule has 6 heteroatoms. The topological polar surface area (TPSA) is 55.4 Å². The van der Waals surface area contributed by atoms with Crippen LogP contribution in [0.2, 0.25) is 0 Å². The van der Waals surface area contributed by atoms with Gasteiger partial charge >= 0.3 is 0 Å². The Morgan fingerprint density at radius 3 is 0.730 bits per heavy atom. The van der Waals surface area contributed by atoms with E-state index in [2.05, 4.69) is 135 Å². The first-order valence-corrected chi connectivity index (χ1v) is 22.3. The number of benzene rings is 6. The Morgan fingerprint density at radius 1 is 0.333 bits per heavy atom. The molecule has 0 spiro atoms. The van der Waals surface area contributed by atoms with E-state index in [1.165, 1.54) is 16.7 Å². The molecule has 0 unspecified atom stereocenters. The first-order valence-electron chi connectivity index (χ1n) is 22.3. The molecule has 6 aromatic carbocycles. The summed E-state index contributed by atoms with van der Waals surface area (Å²) in [7, 11) is 0. The molecule has 0 radical (unpaired) electrons. The Hall–Kier alpha value is -5.40. The van der Waals surface area contributed by atoms with Crippen LogP contribution in [0.25, 0.3) is 0 Å². The van der Waals surface area contributed by atoms with E-state index in [1.54, 1.807) is 0 Å². The van der Waals surface area contributed by atoms with Crippen molar-refractivity contribution < 1.29 is 28.4 Å². The van der Waals surface area contributed by atoms with E-state index in [1.807, 2.05) is 54.6 Å². The molecule has 6 bridgehead atoms. The number of rotatable bonds is 9. The van der Waals surface area contributed by atoms with Crippen molar-refractivity contribution in [1.82, 2.24) is 0 Å². The van der Waals surface area contributed by atoms with Crippen molar-refractivity contribution in [1.29, 1.82) is 0 Å². The van der Waals surface area contributed by atoms with Crippen LogP contribution in [0, 0.1) is 0 Å². The van der Waals surface area contributed by atoms with E-state index in [9.17, 15) is 0 Å². The molecular formula is C57H66O6. The summed E-state index contributed by atoms with van der Waals surface area (Å²) >= 11 is 0. The summed E-state index contributed by atoms with van der Waals surface area (Å²) in [6, 6.07) is 44.4. The first-order chi connectivity index (χ1) is 30.1. The van der Waals surface area contributed by atoms with Crippen LogP contribution in [-0.4, -0.2) is 0 Å². The lowest BCUT2D eigenvalue weighted by atomic mass is 9.84. The maximum absolute atomic E-state index is 6.82. The van der Waals surface area contributed by atoms with Crippen LogP contribution >= 0.6 is 0 Å². The molecule has 1 aliphatic rings. The lowest BCUT2D eigenvalue weighted by Gasteiger charge is -2.27. The fourth-order valence-electron chi connectivity index (χ4n) is 7.76. The van der Waals surface area contributed by atoms with Crippen LogP contribution < -0.4 is 14.2 Å². The molecule has 1 aliphatic heterocycles. The number of fused-ring (bicyclic) bond motifs is 6. The number of ether oxygens (including phenoxy) is 6. The highest BCUT2D eigenvalue weighted by molar-refractivity contribution is 5.50. The monoisotopic (exact) mass is 846 g/mol. The van der Waals surface area contributed by atoms with Crippen molar-refractivity contribution in [3.63, 3.8) is 0 Å². The summed E-state index contributed by atoms with van der Waals surface area (Å²) < 4.78 is 40.8. The molecule has 0 amide bonds. The van der Waals surface area contributed by atoms with Crippen molar-refractivity contribution in [3.05, 3.63) is 194 Å². The van der Waals surface area contributed by atoms with Crippen molar-refractivity contribution >= 4 is 0 Å². The Kier molecular flexibility index (Phi) is 14.5. The second-order valence-electron chi connectivity index (χ2n) is 19.9. The smallest absolute Gasteiger partial charge is 0.130 e. The summed E-state index contributed by atoms with van der Waals surface area (Å²) in [4.78, 5) is 0. The highest BCUT2D eigenvalue weighted by atomic mass is 16.5. The van der Waals surface area contributed by atoms with Crippen LogP contribution in [0.15, 0.2) is 127 Å². The first kappa shape index (κ1) is 45.6. The van der Waals surface area contributed by atoms with Gasteiger partial charge in [-0.05, 0) is 86.0 Å². The highest BCUT2D eigenvalue weighted by Gasteiger charge is 2.25. The van der Waals surface area contributed by atoms with Gasteiger partial charge in [0, 0.05) is 33.4 Å². The Morgan fingerprint density at radius 2 is 0.540 bits per heavy atom. The molecule has 6 nitrogen and oxygen atoms in total. The van der Waals surface area contributed by atoms with Crippen LogP contribution in [-0.2, 0) is 89.9 Å². The molecule has 0 saturated heterocycles. The van der Waals surface area contributed by atoms with Crippen LogP contribution in [0.5, 0.6) is 17.2 Å². The van der Waals surface area contributed by atoms with E-state index in [0.29, 0.717) is 59.5 Å². The van der Waals surface area contributed by atoms with E-state index in [4.69, 9.17) is 28.4 Å². The summed E-state index contributed by atoms with van der Waals surface area (Å²) in [6.45, 7) is 23.4. The van der Waals surface area contributed by atoms with Gasteiger partial charge in [0.05, 0.1) is 39.6 Å². The second kappa shape index (κ2) is 20.0.